The summed E-state index contributed by atoms with van der Waals surface area (Å²) in [5, 5.41) is 8.65. The smallest absolute Gasteiger partial charge is 0.304 e. The summed E-state index contributed by atoms with van der Waals surface area (Å²) in [5.74, 6) is 0.0755. The molecule has 0 saturated carbocycles. The Balaban J connectivity index is 1.77. The minimum absolute atomic E-state index is 0.164. The summed E-state index contributed by atoms with van der Waals surface area (Å²) < 4.78 is 5.76. The number of likely N-dealkylation sites (N-methyl/N-ethyl adjacent to an activating group) is 1. The van der Waals surface area contributed by atoms with Gasteiger partial charge < -0.3 is 14.7 Å². The van der Waals surface area contributed by atoms with E-state index < -0.39 is 5.97 Å². The molecular weight excluding hydrogens is 302 g/mol. The minimum Gasteiger partial charge on any atom is -0.489 e. The first-order valence-corrected chi connectivity index (χ1v) is 7.97. The molecule has 0 aliphatic heterocycles. The maximum Gasteiger partial charge on any atom is 0.304 e. The molecule has 4 heteroatoms. The van der Waals surface area contributed by atoms with Crippen LogP contribution in [0.15, 0.2) is 60.7 Å². The van der Waals surface area contributed by atoms with E-state index in [-0.39, 0.29) is 6.42 Å². The van der Waals surface area contributed by atoms with Crippen LogP contribution in [0.3, 0.4) is 0 Å². The summed E-state index contributed by atoms with van der Waals surface area (Å²) in [4.78, 5) is 12.5. The Morgan fingerprint density at radius 1 is 1.12 bits per heavy atom. The SMILES string of the molecule is CN(C/C=C/c1ccc(OCc2ccccc2)cc1)CCC(=O)O. The normalized spacial score (nSPS) is 11.1. The van der Waals surface area contributed by atoms with E-state index in [0.717, 1.165) is 23.4 Å². The molecule has 2 aromatic carbocycles. The van der Waals surface area contributed by atoms with Gasteiger partial charge in [0, 0.05) is 13.1 Å². The maximum atomic E-state index is 10.5. The Morgan fingerprint density at radius 2 is 1.83 bits per heavy atom. The average molecular weight is 325 g/mol. The molecule has 0 fully saturated rings. The third-order valence-corrected chi connectivity index (χ3v) is 3.56. The fourth-order valence-electron chi connectivity index (χ4n) is 2.16. The number of ether oxygens (including phenoxy) is 1. The summed E-state index contributed by atoms with van der Waals surface area (Å²) >= 11 is 0. The third-order valence-electron chi connectivity index (χ3n) is 3.56. The topological polar surface area (TPSA) is 49.8 Å². The molecule has 2 rings (SSSR count). The number of hydrogen-bond acceptors (Lipinski definition) is 3. The molecule has 0 aromatic heterocycles. The van der Waals surface area contributed by atoms with Gasteiger partial charge in [-0.05, 0) is 30.3 Å². The molecule has 0 amide bonds. The number of aliphatic carboxylic acids is 1. The quantitative estimate of drug-likeness (QED) is 0.764. The van der Waals surface area contributed by atoms with Crippen LogP contribution in [0.1, 0.15) is 17.5 Å². The zero-order valence-corrected chi connectivity index (χ0v) is 13.9. The van der Waals surface area contributed by atoms with Gasteiger partial charge >= 0.3 is 5.97 Å². The number of nitrogens with zero attached hydrogens (tertiary/aromatic N) is 1. The molecule has 0 bridgehead atoms. The lowest BCUT2D eigenvalue weighted by molar-refractivity contribution is -0.137. The second-order valence-corrected chi connectivity index (χ2v) is 5.65. The van der Waals surface area contributed by atoms with Crippen molar-refractivity contribution in [1.82, 2.24) is 4.90 Å². The van der Waals surface area contributed by atoms with E-state index in [2.05, 4.69) is 0 Å². The van der Waals surface area contributed by atoms with E-state index in [1.807, 2.05) is 78.7 Å². The predicted molar refractivity (Wildman–Crippen MR) is 96.0 cm³/mol. The minimum atomic E-state index is -0.767. The largest absolute Gasteiger partial charge is 0.489 e. The van der Waals surface area contributed by atoms with E-state index in [4.69, 9.17) is 9.84 Å². The number of carboxylic acids is 1. The summed E-state index contributed by atoms with van der Waals surface area (Å²) in [6.07, 6.45) is 4.22. The van der Waals surface area contributed by atoms with Crippen LogP contribution in [-0.4, -0.2) is 36.1 Å². The van der Waals surface area contributed by atoms with Gasteiger partial charge in [-0.1, -0.05) is 54.6 Å². The molecule has 126 valence electrons. The number of hydrogen-bond donors (Lipinski definition) is 1. The van der Waals surface area contributed by atoms with E-state index in [9.17, 15) is 4.79 Å². The summed E-state index contributed by atoms with van der Waals surface area (Å²) in [6, 6.07) is 18.0. The highest BCUT2D eigenvalue weighted by molar-refractivity contribution is 5.66. The zero-order valence-electron chi connectivity index (χ0n) is 13.9. The summed E-state index contributed by atoms with van der Waals surface area (Å²) in [6.45, 7) is 1.83. The molecule has 0 spiro atoms. The Labute approximate surface area is 143 Å². The van der Waals surface area contributed by atoms with Gasteiger partial charge in [-0.2, -0.15) is 0 Å². The van der Waals surface area contributed by atoms with Crippen molar-refractivity contribution in [3.8, 4) is 5.75 Å². The fourth-order valence-corrected chi connectivity index (χ4v) is 2.16. The van der Waals surface area contributed by atoms with Crippen molar-refractivity contribution in [3.63, 3.8) is 0 Å². The lowest BCUT2D eigenvalue weighted by atomic mass is 10.2. The molecule has 0 saturated heterocycles. The maximum absolute atomic E-state index is 10.5. The van der Waals surface area contributed by atoms with Crippen molar-refractivity contribution in [3.05, 3.63) is 71.8 Å². The van der Waals surface area contributed by atoms with E-state index in [1.165, 1.54) is 0 Å². The number of carbonyl (C=O) groups is 1. The highest BCUT2D eigenvalue weighted by Gasteiger charge is 2.00. The van der Waals surface area contributed by atoms with Crippen LogP contribution in [0.5, 0.6) is 5.75 Å². The Bertz CT molecular complexity index is 650. The number of carboxylic acid groups (broad SMARTS) is 1. The van der Waals surface area contributed by atoms with Crippen molar-refractivity contribution in [2.24, 2.45) is 0 Å². The van der Waals surface area contributed by atoms with Crippen LogP contribution in [0.4, 0.5) is 0 Å². The van der Waals surface area contributed by atoms with Crippen LogP contribution in [0.2, 0.25) is 0 Å². The van der Waals surface area contributed by atoms with Crippen molar-refractivity contribution in [1.29, 1.82) is 0 Å². The summed E-state index contributed by atoms with van der Waals surface area (Å²) in [5.41, 5.74) is 2.24. The second kappa shape index (κ2) is 9.53. The second-order valence-electron chi connectivity index (χ2n) is 5.65. The molecule has 4 nitrogen and oxygen atoms in total. The van der Waals surface area contributed by atoms with Crippen molar-refractivity contribution >= 4 is 12.0 Å². The number of rotatable bonds is 9. The van der Waals surface area contributed by atoms with Crippen LogP contribution < -0.4 is 4.74 Å². The average Bonchev–Trinajstić information content (AvgIpc) is 2.60. The number of benzene rings is 2. The molecule has 24 heavy (non-hydrogen) atoms. The Morgan fingerprint density at radius 3 is 2.50 bits per heavy atom. The molecule has 0 aliphatic carbocycles. The van der Waals surface area contributed by atoms with Crippen LogP contribution in [-0.2, 0) is 11.4 Å². The lowest BCUT2D eigenvalue weighted by Gasteiger charge is -2.12. The molecule has 0 unspecified atom stereocenters. The van der Waals surface area contributed by atoms with E-state index in [1.54, 1.807) is 0 Å². The van der Waals surface area contributed by atoms with Gasteiger partial charge in [0.2, 0.25) is 0 Å². The molecule has 0 atom stereocenters. The Hall–Kier alpha value is -2.59. The first kappa shape index (κ1) is 17.8. The lowest BCUT2D eigenvalue weighted by Crippen LogP contribution is -2.21. The Kier molecular flexibility index (Phi) is 7.05. The highest BCUT2D eigenvalue weighted by atomic mass is 16.5. The van der Waals surface area contributed by atoms with Crippen LogP contribution in [0.25, 0.3) is 6.08 Å². The van der Waals surface area contributed by atoms with Gasteiger partial charge in [0.05, 0.1) is 6.42 Å². The molecule has 0 aliphatic rings. The van der Waals surface area contributed by atoms with Gasteiger partial charge in [0.25, 0.3) is 0 Å². The van der Waals surface area contributed by atoms with Crippen LogP contribution in [0, 0.1) is 0 Å². The predicted octanol–water partition coefficient (Wildman–Crippen LogP) is 3.69. The fraction of sp³-hybridized carbons (Fsp3) is 0.250. The summed E-state index contributed by atoms with van der Waals surface area (Å²) in [7, 11) is 1.91. The van der Waals surface area contributed by atoms with Crippen molar-refractivity contribution in [2.45, 2.75) is 13.0 Å². The standard InChI is InChI=1S/C20H23NO3/c1-21(15-13-20(22)23)14-5-8-17-9-11-19(12-10-17)24-16-18-6-3-2-4-7-18/h2-12H,13-16H2,1H3,(H,22,23)/b8-5+. The highest BCUT2D eigenvalue weighted by Crippen LogP contribution is 2.15. The van der Waals surface area contributed by atoms with Gasteiger partial charge in [-0.25, -0.2) is 0 Å². The third kappa shape index (κ3) is 6.67. The van der Waals surface area contributed by atoms with Crippen LogP contribution >= 0.6 is 0 Å². The van der Waals surface area contributed by atoms with Gasteiger partial charge in [0.1, 0.15) is 12.4 Å². The molecule has 0 radical (unpaired) electrons. The van der Waals surface area contributed by atoms with Crippen molar-refractivity contribution < 1.29 is 14.6 Å². The van der Waals surface area contributed by atoms with E-state index in [0.29, 0.717) is 13.2 Å². The monoisotopic (exact) mass is 325 g/mol. The van der Waals surface area contributed by atoms with Gasteiger partial charge in [-0.3, -0.25) is 4.79 Å². The van der Waals surface area contributed by atoms with E-state index >= 15 is 0 Å². The van der Waals surface area contributed by atoms with Crippen molar-refractivity contribution in [2.75, 3.05) is 20.1 Å². The van der Waals surface area contributed by atoms with Gasteiger partial charge in [0.15, 0.2) is 0 Å². The van der Waals surface area contributed by atoms with Gasteiger partial charge in [-0.15, -0.1) is 0 Å². The molecule has 1 N–H and O–H groups in total. The molecule has 2 aromatic rings. The molecule has 0 heterocycles. The molecular formula is C20H23NO3. The first-order chi connectivity index (χ1) is 11.6. The first-order valence-electron chi connectivity index (χ1n) is 7.97. The zero-order chi connectivity index (χ0) is 17.2.